The molecule has 2 aromatic carbocycles. The van der Waals surface area contributed by atoms with E-state index in [9.17, 15) is 13.2 Å². The van der Waals surface area contributed by atoms with Gasteiger partial charge in [0, 0.05) is 38.1 Å². The van der Waals surface area contributed by atoms with E-state index < -0.39 is 10.0 Å². The number of hydrogen-bond donors (Lipinski definition) is 0. The van der Waals surface area contributed by atoms with Crippen LogP contribution in [-0.4, -0.2) is 51.9 Å². The molecular formula is C22H27N3O3S. The van der Waals surface area contributed by atoms with Crippen molar-refractivity contribution in [2.75, 3.05) is 43.0 Å². The number of amides is 1. The maximum absolute atomic E-state index is 12.9. The van der Waals surface area contributed by atoms with Gasteiger partial charge in [-0.25, -0.2) is 8.42 Å². The number of benzene rings is 2. The Morgan fingerprint density at radius 3 is 2.45 bits per heavy atom. The number of piperidine rings is 1. The summed E-state index contributed by atoms with van der Waals surface area (Å²) >= 11 is 0. The minimum atomic E-state index is -3.45. The first-order valence-electron chi connectivity index (χ1n) is 10.2. The van der Waals surface area contributed by atoms with Gasteiger partial charge in [0.15, 0.2) is 0 Å². The van der Waals surface area contributed by atoms with Crippen LogP contribution in [-0.2, 0) is 21.2 Å². The normalized spacial score (nSPS) is 17.2. The summed E-state index contributed by atoms with van der Waals surface area (Å²) in [5.41, 5.74) is 2.75. The molecule has 2 aliphatic heterocycles. The first-order chi connectivity index (χ1) is 14.0. The van der Waals surface area contributed by atoms with Crippen molar-refractivity contribution < 1.29 is 13.2 Å². The molecule has 7 heteroatoms. The fraction of sp³-hybridized carbons (Fsp3) is 0.409. The molecule has 1 saturated heterocycles. The lowest BCUT2D eigenvalue weighted by atomic mass is 10.2. The zero-order valence-electron chi connectivity index (χ0n) is 16.8. The first-order valence-corrected chi connectivity index (χ1v) is 11.6. The van der Waals surface area contributed by atoms with Crippen molar-refractivity contribution in [2.45, 2.75) is 30.6 Å². The van der Waals surface area contributed by atoms with E-state index in [2.05, 4.69) is 0 Å². The van der Waals surface area contributed by atoms with Crippen LogP contribution in [0.15, 0.2) is 53.4 Å². The lowest BCUT2D eigenvalue weighted by Gasteiger charge is -2.26. The number of likely N-dealkylation sites (N-methyl/N-ethyl adjacent to an activating group) is 1. The monoisotopic (exact) mass is 413 g/mol. The SMILES string of the molecule is CN(CC(=O)N1CCc2cc(S(=O)(=O)N3CCCCC3)ccc21)c1ccccc1. The third-order valence-electron chi connectivity index (χ3n) is 5.77. The molecule has 29 heavy (non-hydrogen) atoms. The zero-order valence-corrected chi connectivity index (χ0v) is 17.6. The van der Waals surface area contributed by atoms with Crippen LogP contribution in [0.4, 0.5) is 11.4 Å². The summed E-state index contributed by atoms with van der Waals surface area (Å²) in [4.78, 5) is 16.9. The molecule has 2 aliphatic rings. The number of carbonyl (C=O) groups excluding carboxylic acids is 1. The summed E-state index contributed by atoms with van der Waals surface area (Å²) < 4.78 is 27.5. The number of sulfonamides is 1. The summed E-state index contributed by atoms with van der Waals surface area (Å²) in [5, 5.41) is 0. The van der Waals surface area contributed by atoms with E-state index in [0.717, 1.165) is 36.2 Å². The highest BCUT2D eigenvalue weighted by Crippen LogP contribution is 2.32. The molecule has 2 aromatic rings. The number of carbonyl (C=O) groups is 1. The van der Waals surface area contributed by atoms with Gasteiger partial charge in [-0.1, -0.05) is 24.6 Å². The zero-order chi connectivity index (χ0) is 20.4. The molecule has 1 fully saturated rings. The van der Waals surface area contributed by atoms with Gasteiger partial charge in [-0.05, 0) is 55.2 Å². The Balaban J connectivity index is 1.50. The Bertz CT molecular complexity index is 986. The van der Waals surface area contributed by atoms with E-state index in [-0.39, 0.29) is 12.5 Å². The minimum absolute atomic E-state index is 0.0155. The predicted molar refractivity (Wildman–Crippen MR) is 115 cm³/mol. The molecule has 0 aromatic heterocycles. The molecular weight excluding hydrogens is 386 g/mol. The van der Waals surface area contributed by atoms with E-state index >= 15 is 0 Å². The van der Waals surface area contributed by atoms with Gasteiger partial charge in [-0.15, -0.1) is 0 Å². The molecule has 0 aliphatic carbocycles. The quantitative estimate of drug-likeness (QED) is 0.756. The van der Waals surface area contributed by atoms with Gasteiger partial charge in [-0.3, -0.25) is 4.79 Å². The topological polar surface area (TPSA) is 60.9 Å². The van der Waals surface area contributed by atoms with Gasteiger partial charge in [-0.2, -0.15) is 4.31 Å². The third kappa shape index (κ3) is 4.02. The summed E-state index contributed by atoms with van der Waals surface area (Å²) in [6.45, 7) is 2.05. The van der Waals surface area contributed by atoms with Gasteiger partial charge in [0.05, 0.1) is 11.4 Å². The standard InChI is InChI=1S/C22H27N3O3S/c1-23(19-8-4-2-5-9-19)17-22(26)25-15-12-18-16-20(10-11-21(18)25)29(27,28)24-13-6-3-7-14-24/h2,4-5,8-11,16H,3,6-7,12-15,17H2,1H3. The van der Waals surface area contributed by atoms with Gasteiger partial charge in [0.2, 0.25) is 15.9 Å². The third-order valence-corrected chi connectivity index (χ3v) is 7.66. The van der Waals surface area contributed by atoms with Crippen LogP contribution in [0.2, 0.25) is 0 Å². The van der Waals surface area contributed by atoms with Gasteiger partial charge in [0.1, 0.15) is 0 Å². The largest absolute Gasteiger partial charge is 0.365 e. The van der Waals surface area contributed by atoms with E-state index in [4.69, 9.17) is 0 Å². The summed E-state index contributed by atoms with van der Waals surface area (Å²) in [6, 6.07) is 15.0. The number of hydrogen-bond acceptors (Lipinski definition) is 4. The average Bonchev–Trinajstić information content (AvgIpc) is 3.18. The fourth-order valence-electron chi connectivity index (χ4n) is 4.11. The van der Waals surface area contributed by atoms with Crippen molar-refractivity contribution in [3.63, 3.8) is 0 Å². The van der Waals surface area contributed by atoms with Crippen molar-refractivity contribution in [3.05, 3.63) is 54.1 Å². The first kappa shape index (κ1) is 19.9. The predicted octanol–water partition coefficient (Wildman–Crippen LogP) is 2.89. The van der Waals surface area contributed by atoms with Crippen LogP contribution in [0.5, 0.6) is 0 Å². The van der Waals surface area contributed by atoms with E-state index in [1.54, 1.807) is 27.4 Å². The van der Waals surface area contributed by atoms with Crippen molar-refractivity contribution in [2.24, 2.45) is 0 Å². The Hall–Kier alpha value is -2.38. The summed E-state index contributed by atoms with van der Waals surface area (Å²) in [7, 11) is -1.55. The fourth-order valence-corrected chi connectivity index (χ4v) is 5.68. The van der Waals surface area contributed by atoms with Crippen molar-refractivity contribution in [1.82, 2.24) is 4.31 Å². The molecule has 2 heterocycles. The number of fused-ring (bicyclic) bond motifs is 1. The van der Waals surface area contributed by atoms with Gasteiger partial charge >= 0.3 is 0 Å². The minimum Gasteiger partial charge on any atom is -0.365 e. The van der Waals surface area contributed by atoms with Crippen molar-refractivity contribution in [1.29, 1.82) is 0 Å². The molecule has 4 rings (SSSR count). The van der Waals surface area contributed by atoms with Crippen LogP contribution in [0.25, 0.3) is 0 Å². The number of rotatable bonds is 5. The second-order valence-corrected chi connectivity index (χ2v) is 9.68. The Kier molecular flexibility index (Phi) is 5.61. The highest BCUT2D eigenvalue weighted by atomic mass is 32.2. The van der Waals surface area contributed by atoms with Crippen LogP contribution < -0.4 is 9.80 Å². The van der Waals surface area contributed by atoms with Gasteiger partial charge < -0.3 is 9.80 Å². The maximum Gasteiger partial charge on any atom is 0.246 e. The molecule has 0 atom stereocenters. The van der Waals surface area contributed by atoms with E-state index in [1.165, 1.54) is 0 Å². The van der Waals surface area contributed by atoms with Gasteiger partial charge in [0.25, 0.3) is 0 Å². The van der Waals surface area contributed by atoms with Crippen LogP contribution in [0.3, 0.4) is 0 Å². The van der Waals surface area contributed by atoms with Crippen LogP contribution in [0, 0.1) is 0 Å². The van der Waals surface area contributed by atoms with E-state index in [1.807, 2.05) is 42.3 Å². The molecule has 6 nitrogen and oxygen atoms in total. The Labute approximate surface area is 172 Å². The van der Waals surface area contributed by atoms with Crippen molar-refractivity contribution >= 4 is 27.3 Å². The van der Waals surface area contributed by atoms with Crippen LogP contribution in [0.1, 0.15) is 24.8 Å². The maximum atomic E-state index is 12.9. The lowest BCUT2D eigenvalue weighted by Crippen LogP contribution is -2.38. The Morgan fingerprint density at radius 2 is 1.72 bits per heavy atom. The molecule has 0 radical (unpaired) electrons. The number of anilines is 2. The number of para-hydroxylation sites is 1. The lowest BCUT2D eigenvalue weighted by molar-refractivity contribution is -0.117. The molecule has 0 unspecified atom stereocenters. The Morgan fingerprint density at radius 1 is 1.00 bits per heavy atom. The summed E-state index contributed by atoms with van der Waals surface area (Å²) in [5.74, 6) is 0.0155. The summed E-state index contributed by atoms with van der Waals surface area (Å²) in [6.07, 6.45) is 3.60. The molecule has 1 amide bonds. The second-order valence-electron chi connectivity index (χ2n) is 7.74. The highest BCUT2D eigenvalue weighted by Gasteiger charge is 2.30. The molecule has 0 N–H and O–H groups in total. The second kappa shape index (κ2) is 8.16. The average molecular weight is 414 g/mol. The number of nitrogens with zero attached hydrogens (tertiary/aromatic N) is 3. The van der Waals surface area contributed by atoms with E-state index in [0.29, 0.717) is 31.0 Å². The highest BCUT2D eigenvalue weighted by molar-refractivity contribution is 7.89. The smallest absolute Gasteiger partial charge is 0.246 e. The molecule has 0 bridgehead atoms. The van der Waals surface area contributed by atoms with Crippen molar-refractivity contribution in [3.8, 4) is 0 Å². The molecule has 0 spiro atoms. The van der Waals surface area contributed by atoms with Crippen LogP contribution >= 0.6 is 0 Å². The molecule has 0 saturated carbocycles. The molecule has 154 valence electrons.